The van der Waals surface area contributed by atoms with E-state index >= 15 is 0 Å². The zero-order valence-corrected chi connectivity index (χ0v) is 14.3. The highest BCUT2D eigenvalue weighted by atomic mass is 32.2. The number of pyridine rings is 1. The first-order valence-electron chi connectivity index (χ1n) is 7.45. The third kappa shape index (κ3) is 3.11. The lowest BCUT2D eigenvalue weighted by Gasteiger charge is -2.14. The third-order valence-corrected chi connectivity index (χ3v) is 5.02. The Bertz CT molecular complexity index is 1010. The van der Waals surface area contributed by atoms with Crippen LogP contribution in [0.4, 0.5) is 11.4 Å². The van der Waals surface area contributed by atoms with Crippen molar-refractivity contribution in [2.45, 2.75) is 18.4 Å². The second-order valence-corrected chi connectivity index (χ2v) is 7.70. The monoisotopic (exact) mass is 342 g/mol. The van der Waals surface area contributed by atoms with Gasteiger partial charge in [-0.05, 0) is 36.2 Å². The number of hydrogen-bond donors (Lipinski definition) is 2. The number of fused-ring (bicyclic) bond motifs is 1. The van der Waals surface area contributed by atoms with E-state index in [9.17, 15) is 13.5 Å². The molecule has 3 rings (SSSR count). The van der Waals surface area contributed by atoms with E-state index in [0.717, 1.165) is 27.9 Å². The van der Waals surface area contributed by atoms with Crippen LogP contribution in [0.15, 0.2) is 53.6 Å². The van der Waals surface area contributed by atoms with Crippen molar-refractivity contribution in [2.75, 3.05) is 11.6 Å². The van der Waals surface area contributed by atoms with E-state index in [1.54, 1.807) is 24.4 Å². The molecule has 0 fully saturated rings. The maximum Gasteiger partial charge on any atom is 0.177 e. The van der Waals surface area contributed by atoms with Crippen molar-refractivity contribution in [3.63, 3.8) is 0 Å². The van der Waals surface area contributed by atoms with E-state index in [1.807, 2.05) is 31.2 Å². The van der Waals surface area contributed by atoms with Gasteiger partial charge < -0.3 is 10.4 Å². The summed E-state index contributed by atoms with van der Waals surface area (Å²) < 4.78 is 23.9. The molecule has 0 aliphatic carbocycles. The summed E-state index contributed by atoms with van der Waals surface area (Å²) in [4.78, 5) is 4.46. The molecule has 0 aliphatic heterocycles. The first-order valence-corrected chi connectivity index (χ1v) is 9.34. The Kier molecular flexibility index (Phi) is 4.26. The summed E-state index contributed by atoms with van der Waals surface area (Å²) in [7, 11) is -3.36. The highest BCUT2D eigenvalue weighted by Crippen LogP contribution is 2.30. The molecule has 1 heterocycles. The predicted molar refractivity (Wildman–Crippen MR) is 95.2 cm³/mol. The summed E-state index contributed by atoms with van der Waals surface area (Å²) >= 11 is 0. The zero-order chi connectivity index (χ0) is 17.3. The van der Waals surface area contributed by atoms with Gasteiger partial charge in [0, 0.05) is 29.2 Å². The van der Waals surface area contributed by atoms with Gasteiger partial charge in [0.05, 0.1) is 17.0 Å². The summed E-state index contributed by atoms with van der Waals surface area (Å²) in [6.07, 6.45) is 2.77. The lowest BCUT2D eigenvalue weighted by Crippen LogP contribution is -2.01. The van der Waals surface area contributed by atoms with Crippen molar-refractivity contribution in [2.24, 2.45) is 0 Å². The SMILES string of the molecule is Cc1ccc(CO)cc1Nc1ccnc2c(S(C)(=O)=O)cccc12. The smallest absolute Gasteiger partial charge is 0.177 e. The van der Waals surface area contributed by atoms with E-state index in [4.69, 9.17) is 0 Å². The molecule has 2 N–H and O–H groups in total. The molecule has 5 nitrogen and oxygen atoms in total. The van der Waals surface area contributed by atoms with Crippen molar-refractivity contribution in [3.8, 4) is 0 Å². The van der Waals surface area contributed by atoms with E-state index in [-0.39, 0.29) is 11.5 Å². The summed E-state index contributed by atoms with van der Waals surface area (Å²) in [5, 5.41) is 13.4. The van der Waals surface area contributed by atoms with Crippen molar-refractivity contribution >= 4 is 32.1 Å². The van der Waals surface area contributed by atoms with Crippen LogP contribution >= 0.6 is 0 Å². The van der Waals surface area contributed by atoms with Gasteiger partial charge in [0.15, 0.2) is 9.84 Å². The van der Waals surface area contributed by atoms with E-state index in [1.165, 1.54) is 6.26 Å². The van der Waals surface area contributed by atoms with E-state index in [2.05, 4.69) is 10.3 Å². The number of benzene rings is 2. The summed E-state index contributed by atoms with van der Waals surface area (Å²) in [5.41, 5.74) is 3.90. The van der Waals surface area contributed by atoms with Gasteiger partial charge in [-0.15, -0.1) is 0 Å². The summed E-state index contributed by atoms with van der Waals surface area (Å²) in [6, 6.07) is 12.6. The molecule has 0 saturated carbocycles. The van der Waals surface area contributed by atoms with Gasteiger partial charge in [0.25, 0.3) is 0 Å². The third-order valence-electron chi connectivity index (χ3n) is 3.89. The minimum absolute atomic E-state index is 0.0374. The average Bonchev–Trinajstić information content (AvgIpc) is 2.55. The van der Waals surface area contributed by atoms with Crippen LogP contribution in [-0.2, 0) is 16.4 Å². The maximum absolute atomic E-state index is 12.0. The topological polar surface area (TPSA) is 79.3 Å². The Morgan fingerprint density at radius 3 is 2.62 bits per heavy atom. The quantitative estimate of drug-likeness (QED) is 0.761. The number of sulfone groups is 1. The number of para-hydroxylation sites is 1. The molecule has 0 atom stereocenters. The molecule has 0 spiro atoms. The van der Waals surface area contributed by atoms with Crippen LogP contribution in [0.5, 0.6) is 0 Å². The molecule has 3 aromatic rings. The number of aliphatic hydroxyl groups is 1. The van der Waals surface area contributed by atoms with Gasteiger partial charge in [-0.25, -0.2) is 8.42 Å². The number of nitrogens with one attached hydrogen (secondary N) is 1. The van der Waals surface area contributed by atoms with Crippen LogP contribution < -0.4 is 5.32 Å². The minimum Gasteiger partial charge on any atom is -0.392 e. The Balaban J connectivity index is 2.15. The number of hydrogen-bond acceptors (Lipinski definition) is 5. The average molecular weight is 342 g/mol. The van der Waals surface area contributed by atoms with Crippen LogP contribution in [0.1, 0.15) is 11.1 Å². The van der Waals surface area contributed by atoms with Gasteiger partial charge in [-0.3, -0.25) is 4.98 Å². The van der Waals surface area contributed by atoms with Gasteiger partial charge >= 0.3 is 0 Å². The molecule has 6 heteroatoms. The first-order chi connectivity index (χ1) is 11.4. The lowest BCUT2D eigenvalue weighted by atomic mass is 10.1. The molecular formula is C18H18N2O3S. The second-order valence-electron chi connectivity index (χ2n) is 5.72. The highest BCUT2D eigenvalue weighted by Gasteiger charge is 2.14. The molecule has 0 unspecified atom stereocenters. The van der Waals surface area contributed by atoms with Crippen LogP contribution in [0.25, 0.3) is 10.9 Å². The molecule has 2 aromatic carbocycles. The number of aryl methyl sites for hydroxylation is 1. The number of aliphatic hydroxyl groups excluding tert-OH is 1. The lowest BCUT2D eigenvalue weighted by molar-refractivity contribution is 0.282. The summed E-state index contributed by atoms with van der Waals surface area (Å²) in [5.74, 6) is 0. The fraction of sp³-hybridized carbons (Fsp3) is 0.167. The standard InChI is InChI=1S/C18H18N2O3S/c1-12-6-7-13(11-21)10-16(12)20-15-8-9-19-18-14(15)4-3-5-17(18)24(2,22)23/h3-10,21H,11H2,1-2H3,(H,19,20). The van der Waals surface area contributed by atoms with Crippen molar-refractivity contribution in [1.29, 1.82) is 0 Å². The molecular weight excluding hydrogens is 324 g/mol. The van der Waals surface area contributed by atoms with Gasteiger partial charge in [-0.2, -0.15) is 0 Å². The fourth-order valence-corrected chi connectivity index (χ4v) is 3.44. The van der Waals surface area contributed by atoms with Crippen molar-refractivity contribution in [3.05, 3.63) is 59.8 Å². The Morgan fingerprint density at radius 1 is 1.12 bits per heavy atom. The summed E-state index contributed by atoms with van der Waals surface area (Å²) in [6.45, 7) is 1.93. The van der Waals surface area contributed by atoms with Gasteiger partial charge in [-0.1, -0.05) is 24.3 Å². The molecule has 0 saturated heterocycles. The van der Waals surface area contributed by atoms with Crippen molar-refractivity contribution in [1.82, 2.24) is 4.98 Å². The normalized spacial score (nSPS) is 11.6. The van der Waals surface area contributed by atoms with Crippen LogP contribution in [0.2, 0.25) is 0 Å². The highest BCUT2D eigenvalue weighted by molar-refractivity contribution is 7.91. The molecule has 124 valence electrons. The molecule has 0 radical (unpaired) electrons. The van der Waals surface area contributed by atoms with Crippen LogP contribution in [0.3, 0.4) is 0 Å². The fourth-order valence-electron chi connectivity index (χ4n) is 2.60. The van der Waals surface area contributed by atoms with Gasteiger partial charge in [0.1, 0.15) is 0 Å². The maximum atomic E-state index is 12.0. The van der Waals surface area contributed by atoms with E-state index in [0.29, 0.717) is 5.52 Å². The Morgan fingerprint density at radius 2 is 1.92 bits per heavy atom. The molecule has 0 aliphatic rings. The number of aromatic nitrogens is 1. The van der Waals surface area contributed by atoms with Crippen molar-refractivity contribution < 1.29 is 13.5 Å². The van der Waals surface area contributed by atoms with Crippen LogP contribution in [-0.4, -0.2) is 24.8 Å². The Hall–Kier alpha value is -2.44. The van der Waals surface area contributed by atoms with Crippen LogP contribution in [0, 0.1) is 6.92 Å². The minimum atomic E-state index is -3.36. The first kappa shape index (κ1) is 16.4. The van der Waals surface area contributed by atoms with Gasteiger partial charge in [0.2, 0.25) is 0 Å². The zero-order valence-electron chi connectivity index (χ0n) is 13.4. The second kappa shape index (κ2) is 6.22. The number of rotatable bonds is 4. The van der Waals surface area contributed by atoms with E-state index < -0.39 is 9.84 Å². The Labute approximate surface area is 140 Å². The molecule has 1 aromatic heterocycles. The largest absolute Gasteiger partial charge is 0.392 e. The number of anilines is 2. The molecule has 0 amide bonds. The molecule has 24 heavy (non-hydrogen) atoms. The number of nitrogens with zero attached hydrogens (tertiary/aromatic N) is 1. The predicted octanol–water partition coefficient (Wildman–Crippen LogP) is 3.18. The molecule has 0 bridgehead atoms.